The first kappa shape index (κ1) is 31.6. The van der Waals surface area contributed by atoms with Crippen LogP contribution in [0, 0.1) is 5.41 Å². The number of rotatable bonds is 9. The Balaban J connectivity index is 1.82. The summed E-state index contributed by atoms with van der Waals surface area (Å²) in [6, 6.07) is 14.5. The van der Waals surface area contributed by atoms with Crippen molar-refractivity contribution in [1.29, 1.82) is 0 Å². The van der Waals surface area contributed by atoms with Gasteiger partial charge < -0.3 is 14.3 Å². The second kappa shape index (κ2) is 12.1. The molecular weight excluding hydrogens is 572 g/mol. The smallest absolute Gasteiger partial charge is 0.416 e. The quantitative estimate of drug-likeness (QED) is 0.243. The molecule has 0 aliphatic rings. The fourth-order valence-electron chi connectivity index (χ4n) is 4.58. The molecule has 1 aromatic carbocycles. The number of amides is 1. The van der Waals surface area contributed by atoms with Crippen LogP contribution in [0.1, 0.15) is 59.0 Å². The molecule has 0 saturated carbocycles. The number of furan rings is 1. The van der Waals surface area contributed by atoms with Crippen molar-refractivity contribution in [3.8, 4) is 0 Å². The first-order valence-electron chi connectivity index (χ1n) is 13.7. The molecule has 0 fully saturated rings. The monoisotopic (exact) mass is 608 g/mol. The molecule has 0 bridgehead atoms. The number of aromatic nitrogens is 2. The molecule has 12 heteroatoms. The summed E-state index contributed by atoms with van der Waals surface area (Å²) in [4.78, 5) is 35.6. The Kier molecular flexibility index (Phi) is 8.93. The van der Waals surface area contributed by atoms with Crippen molar-refractivity contribution in [2.45, 2.75) is 70.5 Å². The van der Waals surface area contributed by atoms with Gasteiger partial charge in [0.25, 0.3) is 0 Å². The highest BCUT2D eigenvalue weighted by atomic mass is 32.2. The number of benzene rings is 1. The molecule has 4 aromatic rings. The molecule has 1 amide bonds. The Labute approximate surface area is 251 Å². The van der Waals surface area contributed by atoms with Gasteiger partial charge in [0.2, 0.25) is 10.0 Å². The maximum atomic E-state index is 13.5. The minimum atomic E-state index is -4.08. The highest BCUT2D eigenvalue weighted by molar-refractivity contribution is 7.89. The molecule has 228 valence electrons. The second-order valence-corrected chi connectivity index (χ2v) is 13.9. The number of ether oxygens (including phenoxy) is 1. The van der Waals surface area contributed by atoms with E-state index in [1.807, 2.05) is 30.3 Å². The van der Waals surface area contributed by atoms with Crippen LogP contribution in [-0.2, 0) is 26.0 Å². The Morgan fingerprint density at radius 3 is 2.35 bits per heavy atom. The zero-order valence-corrected chi connectivity index (χ0v) is 25.8. The average molecular weight is 609 g/mol. The zero-order valence-electron chi connectivity index (χ0n) is 24.9. The third-order valence-corrected chi connectivity index (χ3v) is 7.84. The summed E-state index contributed by atoms with van der Waals surface area (Å²) in [6.07, 6.45) is 1.87. The summed E-state index contributed by atoms with van der Waals surface area (Å²) in [6.45, 7) is 10.1. The molecule has 0 radical (unpaired) electrons. The molecule has 2 atom stereocenters. The van der Waals surface area contributed by atoms with Crippen LogP contribution in [0.5, 0.6) is 0 Å². The van der Waals surface area contributed by atoms with E-state index in [0.29, 0.717) is 11.3 Å². The number of carboxylic acid groups (broad SMARTS) is 1. The number of pyridine rings is 2. The van der Waals surface area contributed by atoms with Crippen LogP contribution in [0.4, 0.5) is 10.6 Å². The normalized spacial score (nSPS) is 13.8. The number of anilines is 1. The molecule has 3 heterocycles. The van der Waals surface area contributed by atoms with E-state index in [0.717, 1.165) is 10.3 Å². The van der Waals surface area contributed by atoms with Crippen LogP contribution in [-0.4, -0.2) is 47.2 Å². The standard InChI is InChI=1S/C31H36N4O7S/c1-30(2,3)27(28(36)37)35(29(38)42-31(4,5)6)26-15-9-13-23(33-26)24(34-43(39,40)22-12-10-16-32-19-22)18-21-17-20-11-7-8-14-25(20)41-21/h7-17,19,24,27,34H,18H2,1-6H3,(H,36,37). The lowest BCUT2D eigenvalue weighted by Crippen LogP contribution is -2.54. The lowest BCUT2D eigenvalue weighted by molar-refractivity contribution is -0.141. The molecule has 0 aliphatic carbocycles. The van der Waals surface area contributed by atoms with Gasteiger partial charge in [-0.2, -0.15) is 0 Å². The Bertz CT molecular complexity index is 1670. The van der Waals surface area contributed by atoms with Crippen LogP contribution in [0.2, 0.25) is 0 Å². The molecule has 2 unspecified atom stereocenters. The maximum Gasteiger partial charge on any atom is 0.416 e. The lowest BCUT2D eigenvalue weighted by atomic mass is 9.85. The Morgan fingerprint density at radius 2 is 1.74 bits per heavy atom. The summed E-state index contributed by atoms with van der Waals surface area (Å²) in [5.74, 6) is -0.764. The van der Waals surface area contributed by atoms with Crippen molar-refractivity contribution < 1.29 is 32.3 Å². The fourth-order valence-corrected chi connectivity index (χ4v) is 5.76. The molecule has 11 nitrogen and oxygen atoms in total. The summed E-state index contributed by atoms with van der Waals surface area (Å²) in [7, 11) is -4.08. The van der Waals surface area contributed by atoms with E-state index in [2.05, 4.69) is 14.7 Å². The first-order valence-corrected chi connectivity index (χ1v) is 15.2. The minimum Gasteiger partial charge on any atom is -0.480 e. The fraction of sp³-hybridized carbons (Fsp3) is 0.355. The van der Waals surface area contributed by atoms with Gasteiger partial charge in [-0.3, -0.25) is 4.98 Å². The molecule has 0 aliphatic heterocycles. The van der Waals surface area contributed by atoms with Crippen LogP contribution in [0.25, 0.3) is 11.0 Å². The van der Waals surface area contributed by atoms with Crippen molar-refractivity contribution in [1.82, 2.24) is 14.7 Å². The van der Waals surface area contributed by atoms with Gasteiger partial charge in [0, 0.05) is 24.2 Å². The number of nitrogens with zero attached hydrogens (tertiary/aromatic N) is 3. The molecule has 0 saturated heterocycles. The van der Waals surface area contributed by atoms with Gasteiger partial charge in [-0.05, 0) is 62.6 Å². The number of carboxylic acids is 1. The van der Waals surface area contributed by atoms with Crippen molar-refractivity contribution in [2.24, 2.45) is 5.41 Å². The highest BCUT2D eigenvalue weighted by Gasteiger charge is 2.43. The van der Waals surface area contributed by atoms with Crippen LogP contribution in [0.3, 0.4) is 0 Å². The molecule has 43 heavy (non-hydrogen) atoms. The summed E-state index contributed by atoms with van der Waals surface area (Å²) >= 11 is 0. The van der Waals surface area contributed by atoms with Gasteiger partial charge in [-0.15, -0.1) is 0 Å². The number of sulfonamides is 1. The lowest BCUT2D eigenvalue weighted by Gasteiger charge is -2.37. The Morgan fingerprint density at radius 1 is 1.02 bits per heavy atom. The third-order valence-electron chi connectivity index (χ3n) is 6.39. The topological polar surface area (TPSA) is 152 Å². The summed E-state index contributed by atoms with van der Waals surface area (Å²) in [5.41, 5.74) is -0.969. The third kappa shape index (κ3) is 7.76. The predicted octanol–water partition coefficient (Wildman–Crippen LogP) is 5.73. The van der Waals surface area contributed by atoms with E-state index in [1.165, 1.54) is 30.6 Å². The van der Waals surface area contributed by atoms with Crippen LogP contribution < -0.4 is 9.62 Å². The van der Waals surface area contributed by atoms with Gasteiger partial charge in [0.05, 0.1) is 11.7 Å². The number of aliphatic carboxylic acids is 1. The van der Waals surface area contributed by atoms with E-state index in [4.69, 9.17) is 9.15 Å². The number of hydrogen-bond donors (Lipinski definition) is 2. The Hall–Kier alpha value is -4.29. The summed E-state index contributed by atoms with van der Waals surface area (Å²) < 4.78 is 41.1. The van der Waals surface area contributed by atoms with Gasteiger partial charge in [0.1, 0.15) is 33.7 Å². The van der Waals surface area contributed by atoms with Crippen LogP contribution in [0.15, 0.2) is 82.4 Å². The van der Waals surface area contributed by atoms with Crippen molar-refractivity contribution in [3.63, 3.8) is 0 Å². The molecule has 3 aromatic heterocycles. The maximum absolute atomic E-state index is 13.5. The second-order valence-electron chi connectivity index (χ2n) is 12.2. The minimum absolute atomic E-state index is 0.00995. The van der Waals surface area contributed by atoms with E-state index < -0.39 is 45.2 Å². The largest absolute Gasteiger partial charge is 0.480 e. The van der Waals surface area contributed by atoms with E-state index in [-0.39, 0.29) is 22.8 Å². The average Bonchev–Trinajstić information content (AvgIpc) is 3.32. The van der Waals surface area contributed by atoms with Gasteiger partial charge in [-0.25, -0.2) is 32.6 Å². The number of carbonyl (C=O) groups is 2. The number of para-hydroxylation sites is 1. The molecule has 2 N–H and O–H groups in total. The van der Waals surface area contributed by atoms with Gasteiger partial charge in [-0.1, -0.05) is 45.0 Å². The van der Waals surface area contributed by atoms with Gasteiger partial charge >= 0.3 is 12.1 Å². The number of nitrogens with one attached hydrogen (secondary N) is 1. The van der Waals surface area contributed by atoms with E-state index in [9.17, 15) is 23.1 Å². The number of hydrogen-bond acceptors (Lipinski definition) is 8. The van der Waals surface area contributed by atoms with E-state index >= 15 is 0 Å². The number of carbonyl (C=O) groups excluding carboxylic acids is 1. The molecule has 0 spiro atoms. The number of fused-ring (bicyclic) bond motifs is 1. The van der Waals surface area contributed by atoms with E-state index in [1.54, 1.807) is 53.7 Å². The predicted molar refractivity (Wildman–Crippen MR) is 161 cm³/mol. The first-order chi connectivity index (χ1) is 20.0. The van der Waals surface area contributed by atoms with Crippen molar-refractivity contribution in [3.05, 3.63) is 84.5 Å². The molecular formula is C31H36N4O7S. The van der Waals surface area contributed by atoms with Crippen molar-refractivity contribution >= 4 is 38.9 Å². The molecule has 4 rings (SSSR count). The van der Waals surface area contributed by atoms with Gasteiger partial charge in [0.15, 0.2) is 0 Å². The highest BCUT2D eigenvalue weighted by Crippen LogP contribution is 2.32. The SMILES string of the molecule is CC(C)(C)OC(=O)N(c1cccc(C(Cc2cc3ccccc3o2)NS(=O)(=O)c2cccnc2)n1)C(C(=O)O)C(C)(C)C. The van der Waals surface area contributed by atoms with Crippen LogP contribution >= 0.6 is 0 Å². The summed E-state index contributed by atoms with van der Waals surface area (Å²) in [5, 5.41) is 11.1. The zero-order chi connectivity index (χ0) is 31.6. The van der Waals surface area contributed by atoms with Crippen molar-refractivity contribution in [2.75, 3.05) is 4.90 Å².